The van der Waals surface area contributed by atoms with E-state index >= 15 is 0 Å². The summed E-state index contributed by atoms with van der Waals surface area (Å²) in [5.41, 5.74) is 3.56. The van der Waals surface area contributed by atoms with Crippen molar-refractivity contribution < 1.29 is 4.79 Å². The largest absolute Gasteiger partial charge is 0.294 e. The van der Waals surface area contributed by atoms with Crippen LogP contribution in [0.2, 0.25) is 5.02 Å². The lowest BCUT2D eigenvalue weighted by molar-refractivity contribution is 0.0987. The van der Waals surface area contributed by atoms with Gasteiger partial charge in [-0.05, 0) is 42.5 Å². The van der Waals surface area contributed by atoms with Crippen molar-refractivity contribution in [2.45, 2.75) is 34.1 Å². The minimum atomic E-state index is 0.125. The van der Waals surface area contributed by atoms with E-state index in [1.54, 1.807) is 0 Å². The molecule has 0 unspecified atom stereocenters. The molecular formula is C16H18BrClO. The van der Waals surface area contributed by atoms with Gasteiger partial charge < -0.3 is 0 Å². The number of rotatable bonds is 4. The van der Waals surface area contributed by atoms with E-state index < -0.39 is 0 Å². The Balaban J connectivity index is 3.38. The van der Waals surface area contributed by atoms with Crippen LogP contribution < -0.4 is 0 Å². The zero-order valence-electron chi connectivity index (χ0n) is 11.7. The zero-order valence-corrected chi connectivity index (χ0v) is 14.0. The van der Waals surface area contributed by atoms with Gasteiger partial charge in [-0.3, -0.25) is 4.79 Å². The Morgan fingerprint density at radius 1 is 1.37 bits per heavy atom. The highest BCUT2D eigenvalue weighted by Gasteiger charge is 2.14. The molecule has 1 aromatic carbocycles. The van der Waals surface area contributed by atoms with Crippen LogP contribution in [0.1, 0.15) is 48.7 Å². The Hall–Kier alpha value is -0.860. The molecule has 0 saturated heterocycles. The Morgan fingerprint density at radius 2 is 1.95 bits per heavy atom. The molecule has 0 heterocycles. The van der Waals surface area contributed by atoms with Crippen molar-refractivity contribution in [1.29, 1.82) is 0 Å². The first-order valence-electron chi connectivity index (χ1n) is 6.25. The van der Waals surface area contributed by atoms with Gasteiger partial charge >= 0.3 is 0 Å². The topological polar surface area (TPSA) is 17.1 Å². The van der Waals surface area contributed by atoms with Gasteiger partial charge in [0.15, 0.2) is 5.78 Å². The van der Waals surface area contributed by atoms with Crippen molar-refractivity contribution >= 4 is 38.9 Å². The van der Waals surface area contributed by atoms with Crippen molar-refractivity contribution in [2.75, 3.05) is 0 Å². The number of carbonyl (C=O) groups is 1. The Morgan fingerprint density at radius 3 is 2.42 bits per heavy atom. The first-order valence-corrected chi connectivity index (χ1v) is 7.42. The van der Waals surface area contributed by atoms with Gasteiger partial charge in [-0.2, -0.15) is 0 Å². The molecule has 3 heteroatoms. The highest BCUT2D eigenvalue weighted by atomic mass is 79.9. The quantitative estimate of drug-likeness (QED) is 0.489. The monoisotopic (exact) mass is 340 g/mol. The minimum Gasteiger partial charge on any atom is -0.294 e. The van der Waals surface area contributed by atoms with Gasteiger partial charge in [-0.25, -0.2) is 0 Å². The van der Waals surface area contributed by atoms with Crippen LogP contribution in [0.5, 0.6) is 0 Å². The third-order valence-electron chi connectivity index (χ3n) is 2.98. The van der Waals surface area contributed by atoms with Crippen molar-refractivity contribution in [3.05, 3.63) is 50.5 Å². The predicted octanol–water partition coefficient (Wildman–Crippen LogP) is 5.94. The number of ketones is 1. The summed E-state index contributed by atoms with van der Waals surface area (Å²) in [6, 6.07) is 3.78. The van der Waals surface area contributed by atoms with Gasteiger partial charge in [-0.1, -0.05) is 52.7 Å². The molecule has 19 heavy (non-hydrogen) atoms. The number of Topliss-reactive ketones (excluding diaryl/α,β-unsaturated/α-hetero) is 1. The maximum absolute atomic E-state index is 11.8. The van der Waals surface area contributed by atoms with Crippen molar-refractivity contribution in [1.82, 2.24) is 0 Å². The lowest BCUT2D eigenvalue weighted by Crippen LogP contribution is -2.01. The third-order valence-corrected chi connectivity index (χ3v) is 3.70. The summed E-state index contributed by atoms with van der Waals surface area (Å²) in [4.78, 5) is 11.8. The van der Waals surface area contributed by atoms with Gasteiger partial charge in [0.1, 0.15) is 0 Å². The summed E-state index contributed by atoms with van der Waals surface area (Å²) in [6.07, 6.45) is 4.52. The smallest absolute Gasteiger partial charge is 0.162 e. The molecule has 0 aromatic heterocycles. The van der Waals surface area contributed by atoms with Gasteiger partial charge in [0.2, 0.25) is 0 Å². The molecule has 0 atom stereocenters. The molecular weight excluding hydrogens is 324 g/mol. The molecule has 0 N–H and O–H groups in total. The molecule has 0 aliphatic heterocycles. The maximum Gasteiger partial charge on any atom is 0.162 e. The Labute approximate surface area is 128 Å². The summed E-state index contributed by atoms with van der Waals surface area (Å²) < 4.78 is 1.03. The zero-order chi connectivity index (χ0) is 14.6. The Bertz CT molecular complexity index is 552. The molecule has 0 saturated carbocycles. The van der Waals surface area contributed by atoms with E-state index in [9.17, 15) is 4.79 Å². The van der Waals surface area contributed by atoms with Crippen molar-refractivity contribution in [3.8, 4) is 0 Å². The molecule has 102 valence electrons. The number of hydrogen-bond acceptors (Lipinski definition) is 1. The molecule has 0 aliphatic rings. The summed E-state index contributed by atoms with van der Waals surface area (Å²) in [5, 5.41) is 0.650. The van der Waals surface area contributed by atoms with Crippen LogP contribution in [-0.4, -0.2) is 5.78 Å². The minimum absolute atomic E-state index is 0.125. The number of hydrogen-bond donors (Lipinski definition) is 0. The van der Waals surface area contributed by atoms with E-state index in [0.717, 1.165) is 21.2 Å². The second-order valence-electron chi connectivity index (χ2n) is 4.35. The molecule has 0 fully saturated rings. The molecule has 0 aliphatic carbocycles. The molecule has 1 nitrogen and oxygen atoms in total. The van der Waals surface area contributed by atoms with E-state index in [1.807, 2.05) is 52.0 Å². The van der Waals surface area contributed by atoms with Crippen LogP contribution in [0.25, 0.3) is 5.57 Å². The van der Waals surface area contributed by atoms with E-state index in [1.165, 1.54) is 0 Å². The van der Waals surface area contributed by atoms with Gasteiger partial charge in [0.05, 0.1) is 5.02 Å². The fraction of sp³-hybridized carbons (Fsp3) is 0.312. The predicted molar refractivity (Wildman–Crippen MR) is 87.1 cm³/mol. The molecule has 0 bridgehead atoms. The SMILES string of the molecule is C/C=C(\C=C(/C)Br)c1ccc(C(=O)CC)c(C)c1Cl. The first kappa shape index (κ1) is 16.2. The van der Waals surface area contributed by atoms with Crippen LogP contribution >= 0.6 is 27.5 Å². The number of carbonyl (C=O) groups excluding carboxylic acids is 1. The lowest BCUT2D eigenvalue weighted by Gasteiger charge is -2.12. The van der Waals surface area contributed by atoms with Gasteiger partial charge in [0, 0.05) is 17.5 Å². The molecule has 0 amide bonds. The fourth-order valence-electron chi connectivity index (χ4n) is 1.93. The lowest BCUT2D eigenvalue weighted by atomic mass is 9.96. The third kappa shape index (κ3) is 3.80. The molecule has 0 radical (unpaired) electrons. The summed E-state index contributed by atoms with van der Waals surface area (Å²) in [5.74, 6) is 0.125. The van der Waals surface area contributed by atoms with E-state index in [4.69, 9.17) is 11.6 Å². The molecule has 1 rings (SSSR count). The highest BCUT2D eigenvalue weighted by Crippen LogP contribution is 2.31. The number of benzene rings is 1. The van der Waals surface area contributed by atoms with Crippen LogP contribution in [0.15, 0.2) is 28.8 Å². The molecule has 1 aromatic rings. The summed E-state index contributed by atoms with van der Waals surface area (Å²) >= 11 is 9.85. The Kier molecular flexibility index (Phi) is 6.02. The summed E-state index contributed by atoms with van der Waals surface area (Å²) in [6.45, 7) is 7.70. The van der Waals surface area contributed by atoms with Crippen LogP contribution in [0, 0.1) is 6.92 Å². The van der Waals surface area contributed by atoms with Crippen LogP contribution in [0.4, 0.5) is 0 Å². The fourth-order valence-corrected chi connectivity index (χ4v) is 2.45. The van der Waals surface area contributed by atoms with Crippen LogP contribution in [0.3, 0.4) is 0 Å². The average molecular weight is 342 g/mol. The number of halogens is 2. The van der Waals surface area contributed by atoms with Crippen LogP contribution in [-0.2, 0) is 0 Å². The van der Waals surface area contributed by atoms with Gasteiger partial charge in [-0.15, -0.1) is 0 Å². The second kappa shape index (κ2) is 7.06. The van der Waals surface area contributed by atoms with E-state index in [-0.39, 0.29) is 5.78 Å². The van der Waals surface area contributed by atoms with Crippen molar-refractivity contribution in [3.63, 3.8) is 0 Å². The number of allylic oxidation sites excluding steroid dienone is 4. The van der Waals surface area contributed by atoms with Gasteiger partial charge in [0.25, 0.3) is 0 Å². The van der Waals surface area contributed by atoms with Crippen molar-refractivity contribution in [2.24, 2.45) is 0 Å². The first-order chi connectivity index (χ1) is 8.92. The molecule has 0 spiro atoms. The average Bonchev–Trinajstić information content (AvgIpc) is 2.38. The summed E-state index contributed by atoms with van der Waals surface area (Å²) in [7, 11) is 0. The highest BCUT2D eigenvalue weighted by molar-refractivity contribution is 9.11. The van der Waals surface area contributed by atoms with E-state index in [0.29, 0.717) is 17.0 Å². The normalized spacial score (nSPS) is 12.7. The maximum atomic E-state index is 11.8. The standard InChI is InChI=1S/C16H18BrClO/c1-5-12(9-10(3)17)14-8-7-13(15(19)6-2)11(4)16(14)18/h5,7-9H,6H2,1-4H3/b10-9+,12-5+. The van der Waals surface area contributed by atoms with E-state index in [2.05, 4.69) is 15.9 Å². The second-order valence-corrected chi connectivity index (χ2v) is 5.98.